The number of nitrogens with zero attached hydrogens (tertiary/aromatic N) is 2. The van der Waals surface area contributed by atoms with Crippen molar-refractivity contribution >= 4 is 5.95 Å². The molecule has 4 nitrogen and oxygen atoms in total. The Hall–Kier alpha value is -1.84. The van der Waals surface area contributed by atoms with Crippen molar-refractivity contribution in [1.82, 2.24) is 15.0 Å². The van der Waals surface area contributed by atoms with Crippen LogP contribution in [0.15, 0.2) is 36.8 Å². The van der Waals surface area contributed by atoms with E-state index in [1.807, 2.05) is 25.1 Å². The highest BCUT2D eigenvalue weighted by atomic mass is 15.1. The molecule has 0 aliphatic rings. The fraction of sp³-hybridized carbons (Fsp3) is 0.200. The number of pyridine rings is 1. The van der Waals surface area contributed by atoms with E-state index < -0.39 is 0 Å². The molecule has 0 radical (unpaired) electrons. The fourth-order valence-corrected chi connectivity index (χ4v) is 1.26. The van der Waals surface area contributed by atoms with E-state index in [2.05, 4.69) is 20.3 Å². The molecule has 0 bridgehead atoms. The van der Waals surface area contributed by atoms with Gasteiger partial charge in [0.2, 0.25) is 5.95 Å². The summed E-state index contributed by atoms with van der Waals surface area (Å²) in [6, 6.07) is 6.02. The van der Waals surface area contributed by atoms with Crippen molar-refractivity contribution in [1.29, 1.82) is 0 Å². The first-order valence-electron chi connectivity index (χ1n) is 4.53. The van der Waals surface area contributed by atoms with Crippen molar-refractivity contribution < 1.29 is 0 Å². The number of imidazole rings is 1. The summed E-state index contributed by atoms with van der Waals surface area (Å²) in [4.78, 5) is 11.3. The standard InChI is InChI=1S/C10H12N4/c1-8(9-4-2-3-5-11-9)14-10-12-6-7-13-10/h2-8H,1H3,(H2,12,13,14). The largest absolute Gasteiger partial charge is 0.348 e. The molecule has 0 spiro atoms. The minimum absolute atomic E-state index is 0.155. The van der Waals surface area contributed by atoms with Crippen molar-refractivity contribution in [2.45, 2.75) is 13.0 Å². The Morgan fingerprint density at radius 1 is 1.29 bits per heavy atom. The van der Waals surface area contributed by atoms with Gasteiger partial charge in [0.1, 0.15) is 0 Å². The Bertz CT molecular complexity index is 368. The van der Waals surface area contributed by atoms with E-state index in [0.29, 0.717) is 0 Å². The van der Waals surface area contributed by atoms with Gasteiger partial charge in [0.25, 0.3) is 0 Å². The van der Waals surface area contributed by atoms with E-state index in [-0.39, 0.29) is 6.04 Å². The number of aromatic amines is 1. The number of aromatic nitrogens is 3. The number of anilines is 1. The third-order valence-corrected chi connectivity index (χ3v) is 1.98. The van der Waals surface area contributed by atoms with Crippen molar-refractivity contribution in [3.63, 3.8) is 0 Å². The molecular formula is C10H12N4. The van der Waals surface area contributed by atoms with Gasteiger partial charge in [-0.2, -0.15) is 0 Å². The molecule has 0 amide bonds. The van der Waals surface area contributed by atoms with Crippen molar-refractivity contribution in [3.8, 4) is 0 Å². The minimum Gasteiger partial charge on any atom is -0.348 e. The van der Waals surface area contributed by atoms with Crippen LogP contribution >= 0.6 is 0 Å². The van der Waals surface area contributed by atoms with E-state index >= 15 is 0 Å². The molecule has 2 N–H and O–H groups in total. The smallest absolute Gasteiger partial charge is 0.200 e. The molecule has 0 aliphatic carbocycles. The highest BCUT2D eigenvalue weighted by Crippen LogP contribution is 2.12. The average Bonchev–Trinajstić information content (AvgIpc) is 2.72. The average molecular weight is 188 g/mol. The third kappa shape index (κ3) is 1.90. The number of nitrogens with one attached hydrogen (secondary N) is 2. The van der Waals surface area contributed by atoms with E-state index in [4.69, 9.17) is 0 Å². The summed E-state index contributed by atoms with van der Waals surface area (Å²) in [5.41, 5.74) is 1.00. The molecule has 0 aromatic carbocycles. The van der Waals surface area contributed by atoms with E-state index in [1.54, 1.807) is 18.6 Å². The van der Waals surface area contributed by atoms with Gasteiger partial charge in [-0.3, -0.25) is 4.98 Å². The topological polar surface area (TPSA) is 53.6 Å². The normalized spacial score (nSPS) is 12.4. The summed E-state index contributed by atoms with van der Waals surface area (Å²) in [5.74, 6) is 0.767. The lowest BCUT2D eigenvalue weighted by Gasteiger charge is -2.11. The quantitative estimate of drug-likeness (QED) is 0.774. The van der Waals surface area contributed by atoms with Crippen LogP contribution in [-0.2, 0) is 0 Å². The summed E-state index contributed by atoms with van der Waals surface area (Å²) in [6.45, 7) is 2.05. The molecule has 72 valence electrons. The van der Waals surface area contributed by atoms with Crippen molar-refractivity contribution in [2.24, 2.45) is 0 Å². The predicted octanol–water partition coefficient (Wildman–Crippen LogP) is 1.98. The fourth-order valence-electron chi connectivity index (χ4n) is 1.26. The number of hydrogen-bond donors (Lipinski definition) is 2. The minimum atomic E-state index is 0.155. The van der Waals surface area contributed by atoms with Gasteiger partial charge >= 0.3 is 0 Å². The van der Waals surface area contributed by atoms with Crippen LogP contribution in [-0.4, -0.2) is 15.0 Å². The number of rotatable bonds is 3. The second kappa shape index (κ2) is 3.91. The zero-order chi connectivity index (χ0) is 9.80. The molecule has 1 unspecified atom stereocenters. The monoisotopic (exact) mass is 188 g/mol. The van der Waals surface area contributed by atoms with Crippen LogP contribution in [0.5, 0.6) is 0 Å². The summed E-state index contributed by atoms with van der Waals surface area (Å²) >= 11 is 0. The molecule has 14 heavy (non-hydrogen) atoms. The van der Waals surface area contributed by atoms with Gasteiger partial charge in [-0.1, -0.05) is 6.07 Å². The van der Waals surface area contributed by atoms with Crippen LogP contribution < -0.4 is 5.32 Å². The van der Waals surface area contributed by atoms with Crippen LogP contribution in [0.1, 0.15) is 18.7 Å². The van der Waals surface area contributed by atoms with Crippen LogP contribution in [0.2, 0.25) is 0 Å². The Morgan fingerprint density at radius 3 is 2.86 bits per heavy atom. The number of hydrogen-bond acceptors (Lipinski definition) is 3. The maximum atomic E-state index is 4.26. The zero-order valence-electron chi connectivity index (χ0n) is 7.94. The first-order valence-corrected chi connectivity index (χ1v) is 4.53. The first kappa shape index (κ1) is 8.74. The molecule has 2 aromatic heterocycles. The third-order valence-electron chi connectivity index (χ3n) is 1.98. The van der Waals surface area contributed by atoms with E-state index in [0.717, 1.165) is 11.6 Å². The highest BCUT2D eigenvalue weighted by Gasteiger charge is 2.06. The van der Waals surface area contributed by atoms with Crippen LogP contribution in [0.25, 0.3) is 0 Å². The van der Waals surface area contributed by atoms with Gasteiger partial charge in [0.15, 0.2) is 0 Å². The van der Waals surface area contributed by atoms with E-state index in [1.165, 1.54) is 0 Å². The lowest BCUT2D eigenvalue weighted by molar-refractivity contribution is 0.826. The Morgan fingerprint density at radius 2 is 2.21 bits per heavy atom. The van der Waals surface area contributed by atoms with Gasteiger partial charge < -0.3 is 10.3 Å². The molecule has 4 heteroatoms. The Kier molecular flexibility index (Phi) is 2.44. The molecule has 2 aromatic rings. The summed E-state index contributed by atoms with van der Waals surface area (Å²) in [5, 5.41) is 3.21. The van der Waals surface area contributed by atoms with Crippen molar-refractivity contribution in [2.75, 3.05) is 5.32 Å². The molecule has 0 aliphatic heterocycles. The summed E-state index contributed by atoms with van der Waals surface area (Å²) < 4.78 is 0. The zero-order valence-corrected chi connectivity index (χ0v) is 7.94. The molecule has 2 heterocycles. The molecular weight excluding hydrogens is 176 g/mol. The van der Waals surface area contributed by atoms with Crippen LogP contribution in [0, 0.1) is 0 Å². The van der Waals surface area contributed by atoms with Gasteiger partial charge in [0, 0.05) is 18.6 Å². The van der Waals surface area contributed by atoms with Gasteiger partial charge in [-0.15, -0.1) is 0 Å². The van der Waals surface area contributed by atoms with Gasteiger partial charge in [-0.05, 0) is 19.1 Å². The lowest BCUT2D eigenvalue weighted by Crippen LogP contribution is -2.08. The SMILES string of the molecule is CC(Nc1ncc[nH]1)c1ccccn1. The second-order valence-corrected chi connectivity index (χ2v) is 3.06. The first-order chi connectivity index (χ1) is 6.86. The van der Waals surface area contributed by atoms with Gasteiger partial charge in [0.05, 0.1) is 11.7 Å². The predicted molar refractivity (Wildman–Crippen MR) is 54.9 cm³/mol. The molecule has 0 saturated heterocycles. The maximum absolute atomic E-state index is 4.26. The number of H-pyrrole nitrogens is 1. The highest BCUT2D eigenvalue weighted by molar-refractivity contribution is 5.27. The maximum Gasteiger partial charge on any atom is 0.200 e. The van der Waals surface area contributed by atoms with Crippen LogP contribution in [0.4, 0.5) is 5.95 Å². The van der Waals surface area contributed by atoms with Gasteiger partial charge in [-0.25, -0.2) is 4.98 Å². The summed E-state index contributed by atoms with van der Waals surface area (Å²) in [7, 11) is 0. The molecule has 0 fully saturated rings. The Labute approximate surface area is 82.4 Å². The molecule has 0 saturated carbocycles. The Balaban J connectivity index is 2.07. The summed E-state index contributed by atoms with van der Waals surface area (Å²) in [6.07, 6.45) is 5.29. The lowest BCUT2D eigenvalue weighted by atomic mass is 10.2. The molecule has 2 rings (SSSR count). The van der Waals surface area contributed by atoms with Crippen molar-refractivity contribution in [3.05, 3.63) is 42.5 Å². The van der Waals surface area contributed by atoms with Crippen LogP contribution in [0.3, 0.4) is 0 Å². The molecule has 1 atom stereocenters. The van der Waals surface area contributed by atoms with E-state index in [9.17, 15) is 0 Å². The second-order valence-electron chi connectivity index (χ2n) is 3.06.